The van der Waals surface area contributed by atoms with Crippen molar-refractivity contribution in [2.24, 2.45) is 0 Å². The van der Waals surface area contributed by atoms with Crippen LogP contribution in [0.15, 0.2) is 48.5 Å². The quantitative estimate of drug-likeness (QED) is 0.401. The number of carboxylic acid groups (broad SMARTS) is 2. The molecule has 3 heterocycles. The van der Waals surface area contributed by atoms with Gasteiger partial charge in [-0.15, -0.1) is 0 Å². The van der Waals surface area contributed by atoms with Gasteiger partial charge in [0.1, 0.15) is 5.82 Å². The van der Waals surface area contributed by atoms with Gasteiger partial charge in [0, 0.05) is 35.1 Å². The molecule has 0 radical (unpaired) electrons. The highest BCUT2D eigenvalue weighted by Crippen LogP contribution is 2.46. The molecule has 5 rings (SSSR count). The number of unbranched alkanes of at least 4 members (excludes halogenated alkanes) is 1. The monoisotopic (exact) mass is 438 g/mol. The topological polar surface area (TPSA) is 93.6 Å². The van der Waals surface area contributed by atoms with Crippen LogP contribution in [0.3, 0.4) is 0 Å². The van der Waals surface area contributed by atoms with Gasteiger partial charge in [-0.3, -0.25) is 4.90 Å². The van der Waals surface area contributed by atoms with Crippen molar-refractivity contribution in [2.75, 3.05) is 6.54 Å². The Hall–Kier alpha value is -3.19. The van der Waals surface area contributed by atoms with Crippen LogP contribution in [-0.4, -0.2) is 44.6 Å². The highest BCUT2D eigenvalue weighted by atomic mass is 19.1. The van der Waals surface area contributed by atoms with Gasteiger partial charge < -0.3 is 15.2 Å². The molecule has 0 amide bonds. The van der Waals surface area contributed by atoms with E-state index < -0.39 is 11.9 Å². The van der Waals surface area contributed by atoms with Crippen molar-refractivity contribution in [2.45, 2.75) is 50.6 Å². The molecule has 7 heteroatoms. The summed E-state index contributed by atoms with van der Waals surface area (Å²) in [5.41, 5.74) is 5.24. The van der Waals surface area contributed by atoms with Crippen LogP contribution in [0, 0.1) is 5.82 Å². The van der Waals surface area contributed by atoms with E-state index in [1.807, 2.05) is 6.07 Å². The van der Waals surface area contributed by atoms with E-state index in [4.69, 9.17) is 19.8 Å². The van der Waals surface area contributed by atoms with Crippen LogP contribution in [0.25, 0.3) is 10.9 Å². The number of aryl methyl sites for hydroxylation is 1. The van der Waals surface area contributed by atoms with Gasteiger partial charge in [0.25, 0.3) is 0 Å². The van der Waals surface area contributed by atoms with Crippen LogP contribution >= 0.6 is 0 Å². The molecule has 2 aliphatic heterocycles. The number of aromatic amines is 1. The van der Waals surface area contributed by atoms with E-state index in [1.54, 1.807) is 12.1 Å². The van der Waals surface area contributed by atoms with Crippen molar-refractivity contribution >= 4 is 22.8 Å². The van der Waals surface area contributed by atoms with Crippen molar-refractivity contribution in [3.05, 3.63) is 71.2 Å². The van der Waals surface area contributed by atoms with E-state index in [0.29, 0.717) is 12.1 Å². The van der Waals surface area contributed by atoms with Crippen molar-refractivity contribution < 1.29 is 24.2 Å². The summed E-state index contributed by atoms with van der Waals surface area (Å²) in [4.78, 5) is 24.5. The average Bonchev–Trinajstić information content (AvgIpc) is 3.27. The summed E-state index contributed by atoms with van der Waals surface area (Å²) in [5, 5.41) is 15.9. The molecule has 0 aliphatic carbocycles. The molecule has 3 aromatic rings. The third-order valence-electron chi connectivity index (χ3n) is 6.46. The van der Waals surface area contributed by atoms with E-state index in [-0.39, 0.29) is 5.82 Å². The lowest BCUT2D eigenvalue weighted by molar-refractivity contribution is -0.159. The summed E-state index contributed by atoms with van der Waals surface area (Å²) < 4.78 is 13.8. The van der Waals surface area contributed by atoms with Gasteiger partial charge in [-0.25, -0.2) is 14.0 Å². The molecule has 32 heavy (non-hydrogen) atoms. The highest BCUT2D eigenvalue weighted by molar-refractivity contribution is 6.27. The largest absolute Gasteiger partial charge is 0.473 e. The predicted molar refractivity (Wildman–Crippen MR) is 119 cm³/mol. The summed E-state index contributed by atoms with van der Waals surface area (Å²) in [7, 11) is 0. The normalized spacial score (nSPS) is 19.3. The first kappa shape index (κ1) is 22.0. The molecule has 168 valence electrons. The summed E-state index contributed by atoms with van der Waals surface area (Å²) >= 11 is 0. The van der Waals surface area contributed by atoms with Crippen LogP contribution in [0.5, 0.6) is 0 Å². The number of hydrogen-bond acceptors (Lipinski definition) is 3. The molecule has 2 atom stereocenters. The number of nitrogens with zero attached hydrogens (tertiary/aromatic N) is 1. The van der Waals surface area contributed by atoms with Gasteiger partial charge in [-0.1, -0.05) is 30.3 Å². The smallest absolute Gasteiger partial charge is 0.414 e. The lowest BCUT2D eigenvalue weighted by Crippen LogP contribution is -2.38. The Kier molecular flexibility index (Phi) is 6.55. The lowest BCUT2D eigenvalue weighted by Gasteiger charge is -2.35. The van der Waals surface area contributed by atoms with Gasteiger partial charge in [-0.2, -0.15) is 0 Å². The van der Waals surface area contributed by atoms with Gasteiger partial charge >= 0.3 is 11.9 Å². The van der Waals surface area contributed by atoms with Crippen LogP contribution in [0.1, 0.15) is 48.5 Å². The highest BCUT2D eigenvalue weighted by Gasteiger charge is 2.41. The standard InChI is InChI=1S/C23H25FN2.C2H2O4/c24-17-9-11-20-19(14-17)23-21(25-20)15-18-10-12-22(23)26(18)13-5-4-8-16-6-2-1-3-7-16;3-1(4)2(5)6/h1-3,6-7,9,11,14,18,22,25H,4-5,8,10,12-13,15H2;(H,3,4)(H,5,6). The number of aromatic nitrogens is 1. The molecular formula is C25H27FN2O4. The fraction of sp³-hybridized carbons (Fsp3) is 0.360. The Balaban J connectivity index is 0.000000363. The number of hydrogen-bond donors (Lipinski definition) is 3. The van der Waals surface area contributed by atoms with E-state index in [0.717, 1.165) is 30.3 Å². The van der Waals surface area contributed by atoms with Gasteiger partial charge in [-0.05, 0) is 68.0 Å². The summed E-state index contributed by atoms with van der Waals surface area (Å²) in [6.45, 7) is 1.16. The molecule has 1 saturated heterocycles. The molecular weight excluding hydrogens is 411 g/mol. The third kappa shape index (κ3) is 4.67. The van der Waals surface area contributed by atoms with Crippen molar-refractivity contribution in [1.29, 1.82) is 0 Å². The minimum Gasteiger partial charge on any atom is -0.473 e. The molecule has 6 nitrogen and oxygen atoms in total. The molecule has 2 aliphatic rings. The Labute approximate surface area is 185 Å². The lowest BCUT2D eigenvalue weighted by atomic mass is 9.96. The Morgan fingerprint density at radius 2 is 1.78 bits per heavy atom. The Bertz CT molecular complexity index is 1100. The number of carboxylic acids is 2. The summed E-state index contributed by atoms with van der Waals surface area (Å²) in [6.07, 6.45) is 7.18. The molecule has 2 bridgehead atoms. The first-order valence-electron chi connectivity index (χ1n) is 11.0. The number of carbonyl (C=O) groups is 2. The summed E-state index contributed by atoms with van der Waals surface area (Å²) in [5.74, 6) is -3.78. The molecule has 1 aromatic heterocycles. The van der Waals surface area contributed by atoms with Crippen LogP contribution in [0.4, 0.5) is 4.39 Å². The number of H-pyrrole nitrogens is 1. The molecule has 2 unspecified atom stereocenters. The molecule has 2 aromatic carbocycles. The third-order valence-corrected chi connectivity index (χ3v) is 6.46. The molecule has 0 spiro atoms. The second-order valence-electron chi connectivity index (χ2n) is 8.45. The van der Waals surface area contributed by atoms with Gasteiger partial charge in [0.05, 0.1) is 0 Å². The van der Waals surface area contributed by atoms with E-state index >= 15 is 0 Å². The maximum atomic E-state index is 13.8. The number of fused-ring (bicyclic) bond motifs is 6. The van der Waals surface area contributed by atoms with E-state index in [1.165, 1.54) is 42.5 Å². The number of nitrogens with one attached hydrogen (secondary N) is 1. The Morgan fingerprint density at radius 1 is 1.03 bits per heavy atom. The Morgan fingerprint density at radius 3 is 2.50 bits per heavy atom. The van der Waals surface area contributed by atoms with Crippen LogP contribution in [0.2, 0.25) is 0 Å². The number of aliphatic carboxylic acids is 2. The van der Waals surface area contributed by atoms with Crippen molar-refractivity contribution in [3.8, 4) is 0 Å². The minimum atomic E-state index is -1.82. The zero-order valence-electron chi connectivity index (χ0n) is 17.8. The maximum absolute atomic E-state index is 13.8. The SMILES string of the molecule is Fc1ccc2[nH]c3c(c2c1)C1CCC(C3)N1CCCCc1ccccc1.O=C(O)C(=O)O. The van der Waals surface area contributed by atoms with Crippen molar-refractivity contribution in [3.63, 3.8) is 0 Å². The molecule has 3 N–H and O–H groups in total. The zero-order valence-corrected chi connectivity index (χ0v) is 17.8. The number of rotatable bonds is 5. The molecule has 0 saturated carbocycles. The minimum absolute atomic E-state index is 0.131. The average molecular weight is 438 g/mol. The second kappa shape index (κ2) is 9.53. The van der Waals surface area contributed by atoms with Gasteiger partial charge in [0.2, 0.25) is 0 Å². The van der Waals surface area contributed by atoms with Crippen molar-refractivity contribution in [1.82, 2.24) is 9.88 Å². The fourth-order valence-electron chi connectivity index (χ4n) is 5.09. The summed E-state index contributed by atoms with van der Waals surface area (Å²) in [6, 6.07) is 17.1. The predicted octanol–water partition coefficient (Wildman–Crippen LogP) is 4.55. The fourth-order valence-corrected chi connectivity index (χ4v) is 5.09. The zero-order chi connectivity index (χ0) is 22.7. The number of halogens is 1. The van der Waals surface area contributed by atoms with Crippen LogP contribution < -0.4 is 0 Å². The van der Waals surface area contributed by atoms with E-state index in [2.05, 4.69) is 40.2 Å². The maximum Gasteiger partial charge on any atom is 0.414 e. The first-order valence-corrected chi connectivity index (χ1v) is 11.0. The second-order valence-corrected chi connectivity index (χ2v) is 8.45. The number of benzene rings is 2. The van der Waals surface area contributed by atoms with Gasteiger partial charge in [0.15, 0.2) is 0 Å². The molecule has 1 fully saturated rings. The first-order chi connectivity index (χ1) is 15.4. The van der Waals surface area contributed by atoms with E-state index in [9.17, 15) is 4.39 Å². The van der Waals surface area contributed by atoms with Crippen LogP contribution in [-0.2, 0) is 22.4 Å².